The molecular formula is C27H21BrN2O5S. The van der Waals surface area contributed by atoms with Gasteiger partial charge in [-0.15, -0.1) is 0 Å². The molecule has 3 heterocycles. The fourth-order valence-electron chi connectivity index (χ4n) is 4.10. The molecule has 9 heteroatoms. The molecule has 182 valence electrons. The number of ether oxygens (including phenoxy) is 2. The SMILES string of the molecule is CCOC(=O)C1=C(c2ccccc2)N=c2s/c(=C\c3ccc(Br)o3)c(=O)n2[C@H]1c1cccc(OC)c1. The van der Waals surface area contributed by atoms with Crippen molar-refractivity contribution in [1.29, 1.82) is 0 Å². The molecule has 2 aromatic carbocycles. The molecule has 5 rings (SSSR count). The molecule has 1 aliphatic heterocycles. The number of nitrogens with zero attached hydrogens (tertiary/aromatic N) is 2. The summed E-state index contributed by atoms with van der Waals surface area (Å²) in [5.41, 5.74) is 1.93. The van der Waals surface area contributed by atoms with E-state index >= 15 is 0 Å². The van der Waals surface area contributed by atoms with Crippen LogP contribution in [0.25, 0.3) is 11.8 Å². The third-order valence-corrected chi connectivity index (χ3v) is 7.06. The van der Waals surface area contributed by atoms with Crippen molar-refractivity contribution in [3.8, 4) is 5.75 Å². The van der Waals surface area contributed by atoms with E-state index in [0.29, 0.717) is 36.8 Å². The minimum absolute atomic E-state index is 0.188. The smallest absolute Gasteiger partial charge is 0.338 e. The number of esters is 1. The predicted molar refractivity (Wildman–Crippen MR) is 140 cm³/mol. The maximum Gasteiger partial charge on any atom is 0.338 e. The lowest BCUT2D eigenvalue weighted by Gasteiger charge is -2.26. The number of methoxy groups -OCH3 is 1. The van der Waals surface area contributed by atoms with Gasteiger partial charge in [0.15, 0.2) is 9.47 Å². The summed E-state index contributed by atoms with van der Waals surface area (Å²) in [6, 6.07) is 19.5. The van der Waals surface area contributed by atoms with Crippen molar-refractivity contribution < 1.29 is 18.7 Å². The van der Waals surface area contributed by atoms with Gasteiger partial charge < -0.3 is 13.9 Å². The van der Waals surface area contributed by atoms with Gasteiger partial charge in [0.1, 0.15) is 11.5 Å². The van der Waals surface area contributed by atoms with Gasteiger partial charge in [0.05, 0.1) is 35.6 Å². The van der Waals surface area contributed by atoms with Crippen LogP contribution in [0.5, 0.6) is 5.75 Å². The van der Waals surface area contributed by atoms with Gasteiger partial charge in [0.2, 0.25) is 0 Å². The van der Waals surface area contributed by atoms with Crippen LogP contribution in [0.3, 0.4) is 0 Å². The summed E-state index contributed by atoms with van der Waals surface area (Å²) >= 11 is 4.53. The summed E-state index contributed by atoms with van der Waals surface area (Å²) in [6.07, 6.45) is 1.67. The van der Waals surface area contributed by atoms with Crippen LogP contribution in [0, 0.1) is 0 Å². The lowest BCUT2D eigenvalue weighted by atomic mass is 9.93. The summed E-state index contributed by atoms with van der Waals surface area (Å²) in [7, 11) is 1.57. The Morgan fingerprint density at radius 3 is 2.67 bits per heavy atom. The van der Waals surface area contributed by atoms with Crippen molar-refractivity contribution in [1.82, 2.24) is 4.57 Å². The molecule has 0 fully saturated rings. The number of hydrogen-bond donors (Lipinski definition) is 0. The summed E-state index contributed by atoms with van der Waals surface area (Å²) in [4.78, 5) is 32.5. The Labute approximate surface area is 218 Å². The average Bonchev–Trinajstić information content (AvgIpc) is 3.45. The highest BCUT2D eigenvalue weighted by atomic mass is 79.9. The van der Waals surface area contributed by atoms with Gasteiger partial charge in [0, 0.05) is 11.6 Å². The molecule has 0 amide bonds. The van der Waals surface area contributed by atoms with Crippen molar-refractivity contribution >= 4 is 45.0 Å². The van der Waals surface area contributed by atoms with E-state index < -0.39 is 12.0 Å². The van der Waals surface area contributed by atoms with Crippen molar-refractivity contribution in [2.45, 2.75) is 13.0 Å². The molecule has 4 aromatic rings. The van der Waals surface area contributed by atoms with Crippen LogP contribution in [-0.4, -0.2) is 24.3 Å². The minimum Gasteiger partial charge on any atom is -0.497 e. The van der Waals surface area contributed by atoms with Crippen molar-refractivity contribution in [2.24, 2.45) is 4.99 Å². The van der Waals surface area contributed by atoms with Crippen LogP contribution in [0.15, 0.2) is 91.2 Å². The van der Waals surface area contributed by atoms with Crippen LogP contribution in [-0.2, 0) is 9.53 Å². The molecule has 36 heavy (non-hydrogen) atoms. The third kappa shape index (κ3) is 4.47. The van der Waals surface area contributed by atoms with Gasteiger partial charge in [-0.3, -0.25) is 9.36 Å². The molecule has 0 spiro atoms. The fraction of sp³-hybridized carbons (Fsp3) is 0.148. The molecule has 0 saturated carbocycles. The van der Waals surface area contributed by atoms with E-state index in [0.717, 1.165) is 5.56 Å². The van der Waals surface area contributed by atoms with Crippen LogP contribution in [0.1, 0.15) is 29.9 Å². The molecule has 0 N–H and O–H groups in total. The van der Waals surface area contributed by atoms with Crippen molar-refractivity contribution in [2.75, 3.05) is 13.7 Å². The standard InChI is InChI=1S/C27H21BrN2O5S/c1-3-34-26(32)22-23(16-8-5-4-6-9-16)29-27-30(24(22)17-10-7-11-18(14-17)33-2)25(31)20(36-27)15-19-12-13-21(28)35-19/h4-15,24H,3H2,1-2H3/b20-15-/t24-/m0/s1. The normalized spacial score (nSPS) is 15.4. The third-order valence-electron chi connectivity index (χ3n) is 5.65. The Kier molecular flexibility index (Phi) is 6.75. The molecule has 7 nitrogen and oxygen atoms in total. The first-order valence-electron chi connectivity index (χ1n) is 11.2. The summed E-state index contributed by atoms with van der Waals surface area (Å²) < 4.78 is 19.0. The lowest BCUT2D eigenvalue weighted by Crippen LogP contribution is -2.40. The highest BCUT2D eigenvalue weighted by Gasteiger charge is 2.35. The zero-order valence-electron chi connectivity index (χ0n) is 19.4. The molecule has 2 aromatic heterocycles. The Morgan fingerprint density at radius 2 is 1.97 bits per heavy atom. The number of hydrogen-bond acceptors (Lipinski definition) is 7. The summed E-state index contributed by atoms with van der Waals surface area (Å²) in [5.74, 6) is 0.603. The molecule has 0 radical (unpaired) electrons. The number of carbonyl (C=O) groups is 1. The molecule has 1 atom stereocenters. The molecule has 0 saturated heterocycles. The lowest BCUT2D eigenvalue weighted by molar-refractivity contribution is -0.138. The number of rotatable bonds is 6. The first kappa shape index (κ1) is 24.0. The number of furan rings is 1. The van der Waals surface area contributed by atoms with Gasteiger partial charge >= 0.3 is 5.97 Å². The quantitative estimate of drug-likeness (QED) is 0.326. The van der Waals surface area contributed by atoms with E-state index in [2.05, 4.69) is 15.9 Å². The van der Waals surface area contributed by atoms with E-state index in [9.17, 15) is 9.59 Å². The highest BCUT2D eigenvalue weighted by molar-refractivity contribution is 9.10. The maximum absolute atomic E-state index is 13.8. The van der Waals surface area contributed by atoms with Crippen molar-refractivity contribution in [3.05, 3.63) is 114 Å². The highest BCUT2D eigenvalue weighted by Crippen LogP contribution is 2.36. The summed E-state index contributed by atoms with van der Waals surface area (Å²) in [5, 5.41) is 0. The zero-order chi connectivity index (χ0) is 25.2. The number of thiazole rings is 1. The number of halogens is 1. The van der Waals surface area contributed by atoms with Gasteiger partial charge in [-0.25, -0.2) is 9.79 Å². The Balaban J connectivity index is 1.84. The summed E-state index contributed by atoms with van der Waals surface area (Å²) in [6.45, 7) is 1.94. The second-order valence-corrected chi connectivity index (χ2v) is 9.64. The maximum atomic E-state index is 13.8. The Hall–Kier alpha value is -3.69. The van der Waals surface area contributed by atoms with Crippen LogP contribution >= 0.6 is 27.3 Å². The largest absolute Gasteiger partial charge is 0.497 e. The van der Waals surface area contributed by atoms with E-state index in [1.165, 1.54) is 11.3 Å². The molecule has 0 bridgehead atoms. The molecule has 1 aliphatic rings. The van der Waals surface area contributed by atoms with Crippen LogP contribution < -0.4 is 19.6 Å². The second kappa shape index (κ2) is 10.1. The Morgan fingerprint density at radius 1 is 1.17 bits per heavy atom. The number of carbonyl (C=O) groups excluding carboxylic acids is 1. The Bertz CT molecular complexity index is 1650. The molecule has 0 aliphatic carbocycles. The number of benzene rings is 2. The molecule has 0 unspecified atom stereocenters. The minimum atomic E-state index is -0.768. The first-order valence-corrected chi connectivity index (χ1v) is 12.8. The molecular weight excluding hydrogens is 544 g/mol. The number of aromatic nitrogens is 1. The second-order valence-electron chi connectivity index (χ2n) is 7.85. The van der Waals surface area contributed by atoms with E-state index in [1.807, 2.05) is 54.6 Å². The van der Waals surface area contributed by atoms with Gasteiger partial charge in [-0.1, -0.05) is 53.8 Å². The predicted octanol–water partition coefficient (Wildman–Crippen LogP) is 4.30. The van der Waals surface area contributed by atoms with E-state index in [-0.39, 0.29) is 17.7 Å². The fourth-order valence-corrected chi connectivity index (χ4v) is 5.40. The van der Waals surface area contributed by atoms with Gasteiger partial charge in [0.25, 0.3) is 5.56 Å². The topological polar surface area (TPSA) is 83.0 Å². The average molecular weight is 565 g/mol. The monoisotopic (exact) mass is 564 g/mol. The van der Waals surface area contributed by atoms with Gasteiger partial charge in [-0.05, 0) is 52.7 Å². The van der Waals surface area contributed by atoms with E-state index in [4.69, 9.17) is 18.9 Å². The van der Waals surface area contributed by atoms with Crippen LogP contribution in [0.4, 0.5) is 0 Å². The van der Waals surface area contributed by atoms with Crippen molar-refractivity contribution in [3.63, 3.8) is 0 Å². The van der Waals surface area contributed by atoms with Gasteiger partial charge in [-0.2, -0.15) is 0 Å². The van der Waals surface area contributed by atoms with E-state index in [1.54, 1.807) is 36.8 Å². The van der Waals surface area contributed by atoms with Crippen LogP contribution in [0.2, 0.25) is 0 Å². The zero-order valence-corrected chi connectivity index (χ0v) is 21.8. The first-order chi connectivity index (χ1) is 17.5. The number of fused-ring (bicyclic) bond motifs is 1.